The van der Waals surface area contributed by atoms with E-state index in [9.17, 15) is 18.4 Å². The first-order valence-corrected chi connectivity index (χ1v) is 5.81. The molecule has 0 spiro atoms. The zero-order valence-corrected chi connectivity index (χ0v) is 11.0. The van der Waals surface area contributed by atoms with Crippen molar-refractivity contribution in [3.63, 3.8) is 0 Å². The van der Waals surface area contributed by atoms with E-state index in [2.05, 4.69) is 5.32 Å². The Bertz CT molecular complexity index is 490. The second kappa shape index (κ2) is 6.26. The number of hydrogen-bond acceptors (Lipinski definition) is 2. The van der Waals surface area contributed by atoms with E-state index in [0.29, 0.717) is 0 Å². The highest BCUT2D eigenvalue weighted by Crippen LogP contribution is 2.10. The van der Waals surface area contributed by atoms with Gasteiger partial charge in [0.15, 0.2) is 11.6 Å². The Kier molecular flexibility index (Phi) is 4.97. The van der Waals surface area contributed by atoms with Gasteiger partial charge in [0.05, 0.1) is 6.54 Å². The average molecular weight is 270 g/mol. The molecule has 0 aliphatic carbocycles. The second-order valence-corrected chi connectivity index (χ2v) is 4.51. The molecule has 0 radical (unpaired) electrons. The van der Waals surface area contributed by atoms with Gasteiger partial charge in [-0.15, -0.1) is 0 Å². The van der Waals surface area contributed by atoms with Crippen LogP contribution in [0.4, 0.5) is 8.78 Å². The lowest BCUT2D eigenvalue weighted by molar-refractivity contribution is -0.122. The van der Waals surface area contributed by atoms with Crippen molar-refractivity contribution in [3.8, 4) is 0 Å². The molecule has 1 rings (SSSR count). The number of amides is 2. The number of benzene rings is 1. The van der Waals surface area contributed by atoms with E-state index in [1.807, 2.05) is 0 Å². The quantitative estimate of drug-likeness (QED) is 0.902. The Morgan fingerprint density at radius 1 is 1.26 bits per heavy atom. The van der Waals surface area contributed by atoms with Crippen LogP contribution in [-0.2, 0) is 4.79 Å². The molecule has 0 aliphatic heterocycles. The van der Waals surface area contributed by atoms with Crippen LogP contribution in [-0.4, -0.2) is 36.3 Å². The van der Waals surface area contributed by atoms with Crippen LogP contribution in [0, 0.1) is 11.6 Å². The number of rotatable bonds is 4. The summed E-state index contributed by atoms with van der Waals surface area (Å²) < 4.78 is 25.8. The van der Waals surface area contributed by atoms with E-state index in [-0.39, 0.29) is 24.1 Å². The van der Waals surface area contributed by atoms with Crippen LogP contribution in [0.25, 0.3) is 0 Å². The first-order chi connectivity index (χ1) is 8.81. The highest BCUT2D eigenvalue weighted by atomic mass is 19.2. The van der Waals surface area contributed by atoms with Crippen molar-refractivity contribution in [2.24, 2.45) is 0 Å². The van der Waals surface area contributed by atoms with Crippen molar-refractivity contribution in [2.45, 2.75) is 19.9 Å². The molecule has 0 aromatic heterocycles. The molecule has 0 saturated carbocycles. The molecule has 0 fully saturated rings. The van der Waals surface area contributed by atoms with Gasteiger partial charge in [0.1, 0.15) is 0 Å². The minimum atomic E-state index is -1.09. The lowest BCUT2D eigenvalue weighted by Gasteiger charge is -2.18. The van der Waals surface area contributed by atoms with Gasteiger partial charge in [0, 0.05) is 18.7 Å². The molecule has 19 heavy (non-hydrogen) atoms. The van der Waals surface area contributed by atoms with Crippen LogP contribution in [0.3, 0.4) is 0 Å². The van der Waals surface area contributed by atoms with Gasteiger partial charge in [-0.1, -0.05) is 0 Å². The molecule has 0 bridgehead atoms. The van der Waals surface area contributed by atoms with Crippen molar-refractivity contribution in [3.05, 3.63) is 35.4 Å². The number of halogens is 2. The van der Waals surface area contributed by atoms with Crippen LogP contribution in [0.1, 0.15) is 24.2 Å². The summed E-state index contributed by atoms with van der Waals surface area (Å²) in [6, 6.07) is 2.84. The Morgan fingerprint density at radius 3 is 2.42 bits per heavy atom. The van der Waals surface area contributed by atoms with E-state index in [0.717, 1.165) is 17.0 Å². The molecule has 0 unspecified atom stereocenters. The normalized spacial score (nSPS) is 10.4. The third-order valence-corrected chi connectivity index (χ3v) is 2.34. The van der Waals surface area contributed by atoms with Crippen LogP contribution in [0.15, 0.2) is 18.2 Å². The molecule has 6 heteroatoms. The monoisotopic (exact) mass is 270 g/mol. The van der Waals surface area contributed by atoms with Gasteiger partial charge in [-0.25, -0.2) is 8.78 Å². The fraction of sp³-hybridized carbons (Fsp3) is 0.385. The topological polar surface area (TPSA) is 49.4 Å². The smallest absolute Gasteiger partial charge is 0.254 e. The summed E-state index contributed by atoms with van der Waals surface area (Å²) in [6.07, 6.45) is 0. The molecular formula is C13H16F2N2O2. The van der Waals surface area contributed by atoms with Gasteiger partial charge in [-0.3, -0.25) is 9.59 Å². The first kappa shape index (κ1) is 15.1. The Hall–Kier alpha value is -1.98. The number of likely N-dealkylation sites (N-methyl/N-ethyl adjacent to an activating group) is 1. The van der Waals surface area contributed by atoms with Gasteiger partial charge in [0.25, 0.3) is 5.91 Å². The fourth-order valence-corrected chi connectivity index (χ4v) is 1.50. The van der Waals surface area contributed by atoms with E-state index >= 15 is 0 Å². The number of hydrogen-bond donors (Lipinski definition) is 1. The molecule has 0 aliphatic rings. The maximum atomic E-state index is 13.0. The van der Waals surface area contributed by atoms with Crippen LogP contribution in [0.5, 0.6) is 0 Å². The minimum absolute atomic E-state index is 0.00116. The molecule has 0 atom stereocenters. The fourth-order valence-electron chi connectivity index (χ4n) is 1.50. The summed E-state index contributed by atoms with van der Waals surface area (Å²) in [5, 5.41) is 2.63. The zero-order valence-electron chi connectivity index (χ0n) is 11.0. The number of carbonyl (C=O) groups is 2. The van der Waals surface area contributed by atoms with Crippen LogP contribution >= 0.6 is 0 Å². The summed E-state index contributed by atoms with van der Waals surface area (Å²) in [4.78, 5) is 24.5. The lowest BCUT2D eigenvalue weighted by atomic mass is 10.2. The molecule has 1 aromatic carbocycles. The van der Waals surface area contributed by atoms with Gasteiger partial charge in [-0.2, -0.15) is 0 Å². The van der Waals surface area contributed by atoms with Crippen molar-refractivity contribution in [2.75, 3.05) is 13.6 Å². The lowest BCUT2D eigenvalue weighted by Crippen LogP contribution is -2.40. The predicted octanol–water partition coefficient (Wildman–Crippen LogP) is 1.56. The third kappa shape index (κ3) is 4.31. The summed E-state index contributed by atoms with van der Waals surface area (Å²) in [5.41, 5.74) is -0.00116. The standard InChI is InChI=1S/C13H16F2N2O2/c1-8(2)16-12(18)7-17(3)13(19)9-4-5-10(14)11(15)6-9/h4-6,8H,7H2,1-3H3,(H,16,18). The van der Waals surface area contributed by atoms with Crippen molar-refractivity contribution < 1.29 is 18.4 Å². The molecule has 0 heterocycles. The summed E-state index contributed by atoms with van der Waals surface area (Å²) in [6.45, 7) is 3.46. The molecule has 4 nitrogen and oxygen atoms in total. The predicted molar refractivity (Wildman–Crippen MR) is 66.6 cm³/mol. The largest absolute Gasteiger partial charge is 0.352 e. The van der Waals surface area contributed by atoms with Crippen LogP contribution in [0.2, 0.25) is 0 Å². The Morgan fingerprint density at radius 2 is 1.89 bits per heavy atom. The summed E-state index contributed by atoms with van der Waals surface area (Å²) >= 11 is 0. The molecule has 1 aromatic rings. The molecule has 104 valence electrons. The van der Waals surface area contributed by atoms with Gasteiger partial charge >= 0.3 is 0 Å². The van der Waals surface area contributed by atoms with Gasteiger partial charge in [0.2, 0.25) is 5.91 Å². The van der Waals surface area contributed by atoms with Crippen LogP contribution < -0.4 is 5.32 Å². The molecular weight excluding hydrogens is 254 g/mol. The first-order valence-electron chi connectivity index (χ1n) is 5.81. The maximum absolute atomic E-state index is 13.0. The van der Waals surface area contributed by atoms with Crippen molar-refractivity contribution in [1.82, 2.24) is 10.2 Å². The van der Waals surface area contributed by atoms with E-state index in [1.54, 1.807) is 13.8 Å². The number of nitrogens with zero attached hydrogens (tertiary/aromatic N) is 1. The number of carbonyl (C=O) groups excluding carboxylic acids is 2. The van der Waals surface area contributed by atoms with E-state index in [4.69, 9.17) is 0 Å². The van der Waals surface area contributed by atoms with E-state index < -0.39 is 17.5 Å². The number of nitrogens with one attached hydrogen (secondary N) is 1. The molecule has 1 N–H and O–H groups in total. The minimum Gasteiger partial charge on any atom is -0.352 e. The Balaban J connectivity index is 2.71. The highest BCUT2D eigenvalue weighted by Gasteiger charge is 2.16. The molecule has 2 amide bonds. The zero-order chi connectivity index (χ0) is 14.6. The summed E-state index contributed by atoms with van der Waals surface area (Å²) in [5.74, 6) is -2.96. The third-order valence-electron chi connectivity index (χ3n) is 2.34. The maximum Gasteiger partial charge on any atom is 0.254 e. The SMILES string of the molecule is CC(C)NC(=O)CN(C)C(=O)c1ccc(F)c(F)c1. The van der Waals surface area contributed by atoms with Crippen molar-refractivity contribution in [1.29, 1.82) is 0 Å². The van der Waals surface area contributed by atoms with E-state index in [1.165, 1.54) is 13.1 Å². The summed E-state index contributed by atoms with van der Waals surface area (Å²) in [7, 11) is 1.42. The van der Waals surface area contributed by atoms with Gasteiger partial charge in [-0.05, 0) is 32.0 Å². The Labute approximate surface area is 110 Å². The second-order valence-electron chi connectivity index (χ2n) is 4.51. The van der Waals surface area contributed by atoms with Gasteiger partial charge < -0.3 is 10.2 Å². The molecule has 0 saturated heterocycles. The average Bonchev–Trinajstić information content (AvgIpc) is 2.30. The highest BCUT2D eigenvalue weighted by molar-refractivity contribution is 5.96. The van der Waals surface area contributed by atoms with Crippen molar-refractivity contribution >= 4 is 11.8 Å².